The van der Waals surface area contributed by atoms with Gasteiger partial charge in [0.15, 0.2) is 0 Å². The summed E-state index contributed by atoms with van der Waals surface area (Å²) in [6.07, 6.45) is -3.60. The van der Waals surface area contributed by atoms with Gasteiger partial charge in [-0.15, -0.1) is 0 Å². The normalized spacial score (nSPS) is 12.8. The summed E-state index contributed by atoms with van der Waals surface area (Å²) in [6.45, 7) is 0. The number of nitrogens with zero attached hydrogens (tertiary/aromatic N) is 1. The summed E-state index contributed by atoms with van der Waals surface area (Å²) in [5.41, 5.74) is 1.11. The monoisotopic (exact) mass is 452 g/mol. The van der Waals surface area contributed by atoms with Crippen LogP contribution in [0.15, 0.2) is 78.9 Å². The third kappa shape index (κ3) is 5.01. The average Bonchev–Trinajstić information content (AvgIpc) is 3.21. The number of allylic oxidation sites excluding steroid dienone is 2. The van der Waals surface area contributed by atoms with Gasteiger partial charge in [0.25, 0.3) is 0 Å². The van der Waals surface area contributed by atoms with Gasteiger partial charge in [-0.2, -0.15) is 13.2 Å². The summed E-state index contributed by atoms with van der Waals surface area (Å²) in [7, 11) is 0. The summed E-state index contributed by atoms with van der Waals surface area (Å²) in [5.74, 6) is -1.79. The second-order valence-electron chi connectivity index (χ2n) is 7.17. The number of halogens is 4. The number of carbonyl (C=O) groups is 1. The molecule has 2 N–H and O–H groups in total. The maximum Gasteiger partial charge on any atom is 0.409 e. The predicted octanol–water partition coefficient (Wildman–Crippen LogP) is 6.59. The number of imidazole rings is 1. The van der Waals surface area contributed by atoms with Crippen LogP contribution in [0.1, 0.15) is 27.3 Å². The number of rotatable bonds is 5. The molecule has 1 heterocycles. The summed E-state index contributed by atoms with van der Waals surface area (Å²) in [5, 5.41) is 11.0. The first kappa shape index (κ1) is 22.0. The Morgan fingerprint density at radius 3 is 2.39 bits per heavy atom. The Morgan fingerprint density at radius 2 is 1.67 bits per heavy atom. The summed E-state index contributed by atoms with van der Waals surface area (Å²) in [4.78, 5) is 20.8. The molecule has 0 aliphatic carbocycles. The molecule has 0 amide bonds. The molecule has 4 rings (SSSR count). The molecule has 0 saturated heterocycles. The number of nitrogens with one attached hydrogen (secondary N) is 1. The number of aliphatic hydroxyl groups excluding tert-OH is 1. The van der Waals surface area contributed by atoms with Crippen LogP contribution in [-0.2, 0) is 0 Å². The van der Waals surface area contributed by atoms with E-state index < -0.39 is 23.5 Å². The summed E-state index contributed by atoms with van der Waals surface area (Å²) < 4.78 is 51.4. The highest BCUT2D eigenvalue weighted by molar-refractivity contribution is 6.33. The van der Waals surface area contributed by atoms with Gasteiger partial charge in [-0.25, -0.2) is 9.37 Å². The van der Waals surface area contributed by atoms with E-state index >= 15 is 0 Å². The van der Waals surface area contributed by atoms with Crippen LogP contribution < -0.4 is 0 Å². The van der Waals surface area contributed by atoms with Crippen molar-refractivity contribution in [3.63, 3.8) is 0 Å². The first-order chi connectivity index (χ1) is 15.7. The van der Waals surface area contributed by atoms with Crippen LogP contribution in [0.25, 0.3) is 28.4 Å². The molecule has 4 nitrogen and oxygen atoms in total. The number of benzene rings is 3. The lowest BCUT2D eigenvalue weighted by atomic mass is 9.97. The van der Waals surface area contributed by atoms with E-state index in [1.54, 1.807) is 24.3 Å². The van der Waals surface area contributed by atoms with Crippen LogP contribution in [0, 0.1) is 5.82 Å². The third-order valence-corrected chi connectivity index (χ3v) is 4.80. The Hall–Kier alpha value is -4.20. The lowest BCUT2D eigenvalue weighted by Gasteiger charge is -2.10. The van der Waals surface area contributed by atoms with Crippen molar-refractivity contribution < 1.29 is 27.5 Å². The number of alkyl halides is 3. The van der Waals surface area contributed by atoms with Gasteiger partial charge in [-0.3, -0.25) is 4.79 Å². The molecule has 0 radical (unpaired) electrons. The zero-order valence-electron chi connectivity index (χ0n) is 16.9. The lowest BCUT2D eigenvalue weighted by Crippen LogP contribution is -2.08. The van der Waals surface area contributed by atoms with Crippen molar-refractivity contribution in [2.24, 2.45) is 0 Å². The van der Waals surface area contributed by atoms with E-state index in [2.05, 4.69) is 9.97 Å². The largest absolute Gasteiger partial charge is 0.506 e. The second-order valence-corrected chi connectivity index (χ2v) is 7.17. The van der Waals surface area contributed by atoms with E-state index in [1.807, 2.05) is 0 Å². The number of H-pyrrole nitrogens is 1. The van der Waals surface area contributed by atoms with Gasteiger partial charge in [0.1, 0.15) is 23.0 Å². The van der Waals surface area contributed by atoms with Crippen LogP contribution in [0.2, 0.25) is 0 Å². The van der Waals surface area contributed by atoms with Crippen LogP contribution in [-0.4, -0.2) is 27.0 Å². The molecular weight excluding hydrogens is 436 g/mol. The molecule has 0 spiro atoms. The second kappa shape index (κ2) is 8.74. The van der Waals surface area contributed by atoms with Crippen molar-refractivity contribution >= 4 is 34.2 Å². The molecule has 166 valence electrons. The Morgan fingerprint density at radius 1 is 0.939 bits per heavy atom. The zero-order valence-corrected chi connectivity index (χ0v) is 16.9. The SMILES string of the molecule is O=C(/C(=C(/O)c1cccc(F)c1)c1nc2ccccc2[nH]1)c1cccc(/C=C\C(F)(F)F)c1. The minimum Gasteiger partial charge on any atom is -0.506 e. The minimum absolute atomic E-state index is 0.0257. The number of hydrogen-bond acceptors (Lipinski definition) is 3. The average molecular weight is 452 g/mol. The summed E-state index contributed by atoms with van der Waals surface area (Å²) in [6, 6.07) is 17.5. The summed E-state index contributed by atoms with van der Waals surface area (Å²) >= 11 is 0. The van der Waals surface area contributed by atoms with E-state index in [0.29, 0.717) is 11.0 Å². The molecule has 0 saturated carbocycles. The van der Waals surface area contributed by atoms with Crippen molar-refractivity contribution in [2.45, 2.75) is 6.18 Å². The quantitative estimate of drug-likeness (QED) is 0.155. The van der Waals surface area contributed by atoms with Crippen LogP contribution >= 0.6 is 0 Å². The molecule has 0 atom stereocenters. The number of aromatic nitrogens is 2. The third-order valence-electron chi connectivity index (χ3n) is 4.80. The van der Waals surface area contributed by atoms with Gasteiger partial charge in [0.05, 0.1) is 11.0 Å². The van der Waals surface area contributed by atoms with Crippen LogP contribution in [0.3, 0.4) is 0 Å². The highest BCUT2D eigenvalue weighted by Crippen LogP contribution is 2.29. The van der Waals surface area contributed by atoms with Crippen LogP contribution in [0.4, 0.5) is 17.6 Å². The molecule has 0 bridgehead atoms. The number of aromatic amines is 1. The highest BCUT2D eigenvalue weighted by Gasteiger charge is 2.25. The first-order valence-electron chi connectivity index (χ1n) is 9.76. The molecule has 33 heavy (non-hydrogen) atoms. The molecule has 0 fully saturated rings. The number of Topliss-reactive ketones (excluding diaryl/α,β-unsaturated/α-hetero) is 1. The van der Waals surface area contributed by atoms with Gasteiger partial charge >= 0.3 is 6.18 Å². The topological polar surface area (TPSA) is 66.0 Å². The highest BCUT2D eigenvalue weighted by atomic mass is 19.4. The smallest absolute Gasteiger partial charge is 0.409 e. The Kier molecular flexibility index (Phi) is 5.83. The number of fused-ring (bicyclic) bond motifs is 1. The lowest BCUT2D eigenvalue weighted by molar-refractivity contribution is -0.0790. The van der Waals surface area contributed by atoms with Crippen LogP contribution in [0.5, 0.6) is 0 Å². The number of ketones is 1. The van der Waals surface area contributed by atoms with Crippen molar-refractivity contribution in [1.29, 1.82) is 0 Å². The van der Waals surface area contributed by atoms with Gasteiger partial charge in [0.2, 0.25) is 5.78 Å². The Bertz CT molecular complexity index is 1370. The fourth-order valence-electron chi connectivity index (χ4n) is 3.30. The van der Waals surface area contributed by atoms with Crippen molar-refractivity contribution in [2.75, 3.05) is 0 Å². The standard InChI is InChI=1S/C25H16F4N2O2/c26-18-8-4-7-17(14-18)23(33)21(24-30-19-9-1-2-10-20(19)31-24)22(32)16-6-3-5-15(13-16)11-12-25(27,28)29/h1-14,33H,(H,30,31)/b12-11-,23-21-. The number of carbonyl (C=O) groups excluding carboxylic acids is 1. The molecule has 1 aromatic heterocycles. The number of para-hydroxylation sites is 2. The number of hydrogen-bond donors (Lipinski definition) is 2. The van der Waals surface area contributed by atoms with Gasteiger partial charge < -0.3 is 10.1 Å². The molecule has 3 aromatic carbocycles. The van der Waals surface area contributed by atoms with E-state index in [1.165, 1.54) is 42.5 Å². The van der Waals surface area contributed by atoms with Crippen molar-refractivity contribution in [1.82, 2.24) is 9.97 Å². The van der Waals surface area contributed by atoms with E-state index in [-0.39, 0.29) is 34.2 Å². The minimum atomic E-state index is -4.50. The first-order valence-corrected chi connectivity index (χ1v) is 9.76. The fourth-order valence-corrected chi connectivity index (χ4v) is 3.30. The van der Waals surface area contributed by atoms with Gasteiger partial charge in [-0.1, -0.05) is 48.5 Å². The maximum absolute atomic E-state index is 13.8. The molecule has 0 aliphatic rings. The van der Waals surface area contributed by atoms with Gasteiger partial charge in [0, 0.05) is 17.2 Å². The fraction of sp³-hybridized carbons (Fsp3) is 0.0400. The van der Waals surface area contributed by atoms with Gasteiger partial charge in [-0.05, 0) is 35.9 Å². The predicted molar refractivity (Wildman–Crippen MR) is 118 cm³/mol. The Labute approximate surface area is 185 Å². The molecular formula is C25H16F4N2O2. The van der Waals surface area contributed by atoms with E-state index in [9.17, 15) is 27.5 Å². The molecule has 0 aliphatic heterocycles. The molecule has 4 aromatic rings. The van der Waals surface area contributed by atoms with E-state index in [0.717, 1.165) is 12.1 Å². The molecule has 8 heteroatoms. The maximum atomic E-state index is 13.8. The number of aliphatic hydroxyl groups is 1. The van der Waals surface area contributed by atoms with E-state index in [4.69, 9.17) is 0 Å². The molecule has 0 unspecified atom stereocenters. The van der Waals surface area contributed by atoms with Crippen molar-refractivity contribution in [3.05, 3.63) is 107 Å². The van der Waals surface area contributed by atoms with Crippen molar-refractivity contribution in [3.8, 4) is 0 Å². The zero-order chi connectivity index (χ0) is 23.6. The Balaban J connectivity index is 1.86.